The molecule has 0 saturated carbocycles. The molecule has 32 heavy (non-hydrogen) atoms. The Labute approximate surface area is 196 Å². The number of hydrogen-bond donors (Lipinski definition) is 1. The smallest absolute Gasteiger partial charge is 0.283 e. The van der Waals surface area contributed by atoms with Crippen LogP contribution in [0, 0.1) is 19.3 Å². The number of para-hydroxylation sites is 1. The number of carbonyl (C=O) groups excluding carboxylic acids is 1. The third-order valence-electron chi connectivity index (χ3n) is 5.05. The van der Waals surface area contributed by atoms with Gasteiger partial charge in [0.25, 0.3) is 5.91 Å². The average Bonchev–Trinajstić information content (AvgIpc) is 3.11. The standard InChI is InChI=1S/C24H22ClN3O3S/c1-14-5-4-6-15(2)21(14)31-10-9-30-20-8-7-17(12-19(20)25)11-18-22(26)28-16(3)13-32-24(28)27-23(18)29/h4-8,11-13,26H,9-10H2,1-3H3/b18-11-,26-22?. The molecule has 0 atom stereocenters. The topological polar surface area (TPSA) is 75.0 Å². The molecule has 0 saturated heterocycles. The number of carbonyl (C=O) groups is 1. The first-order valence-electron chi connectivity index (χ1n) is 10.0. The minimum absolute atomic E-state index is 0.110. The highest BCUT2D eigenvalue weighted by Gasteiger charge is 2.33. The van der Waals surface area contributed by atoms with Crippen molar-refractivity contribution in [3.05, 3.63) is 74.8 Å². The number of nitrogens with one attached hydrogen (secondary N) is 1. The number of ether oxygens (including phenoxy) is 2. The fourth-order valence-electron chi connectivity index (χ4n) is 3.45. The molecule has 0 spiro atoms. The van der Waals surface area contributed by atoms with Crippen LogP contribution < -0.4 is 9.47 Å². The number of benzene rings is 2. The van der Waals surface area contributed by atoms with Crippen molar-refractivity contribution in [1.82, 2.24) is 4.90 Å². The normalized spacial score (nSPS) is 16.8. The fraction of sp³-hybridized carbons (Fsp3) is 0.208. The summed E-state index contributed by atoms with van der Waals surface area (Å²) in [6, 6.07) is 11.3. The van der Waals surface area contributed by atoms with Crippen LogP contribution in [-0.2, 0) is 4.79 Å². The van der Waals surface area contributed by atoms with E-state index in [0.717, 1.165) is 22.6 Å². The second kappa shape index (κ2) is 9.22. The molecule has 6 nitrogen and oxygen atoms in total. The SMILES string of the molecule is CC1=CSC2=NC(=O)/C(=C\c3ccc(OCCOc4c(C)cccc4C)c(Cl)c3)C(=N)N12. The van der Waals surface area contributed by atoms with Crippen molar-refractivity contribution in [3.8, 4) is 11.5 Å². The van der Waals surface area contributed by atoms with Gasteiger partial charge in [-0.15, -0.1) is 0 Å². The van der Waals surface area contributed by atoms with Gasteiger partial charge in [0.2, 0.25) is 0 Å². The monoisotopic (exact) mass is 467 g/mol. The van der Waals surface area contributed by atoms with E-state index in [1.54, 1.807) is 29.2 Å². The Kier molecular flexibility index (Phi) is 6.39. The fourth-order valence-corrected chi connectivity index (χ4v) is 4.56. The van der Waals surface area contributed by atoms with Crippen molar-refractivity contribution in [2.24, 2.45) is 4.99 Å². The van der Waals surface area contributed by atoms with Gasteiger partial charge >= 0.3 is 0 Å². The molecule has 2 aliphatic heterocycles. The first-order valence-corrected chi connectivity index (χ1v) is 11.3. The summed E-state index contributed by atoms with van der Waals surface area (Å²) in [4.78, 5) is 18.2. The van der Waals surface area contributed by atoms with Crippen LogP contribution in [0.3, 0.4) is 0 Å². The lowest BCUT2D eigenvalue weighted by Gasteiger charge is -2.25. The minimum Gasteiger partial charge on any atom is -0.489 e. The van der Waals surface area contributed by atoms with E-state index in [-0.39, 0.29) is 11.4 Å². The Balaban J connectivity index is 1.42. The third-order valence-corrected chi connectivity index (χ3v) is 6.29. The molecule has 0 aromatic heterocycles. The van der Waals surface area contributed by atoms with Gasteiger partial charge in [0, 0.05) is 5.70 Å². The number of halogens is 1. The van der Waals surface area contributed by atoms with Gasteiger partial charge < -0.3 is 9.47 Å². The van der Waals surface area contributed by atoms with Crippen LogP contribution in [-0.4, -0.2) is 35.0 Å². The Morgan fingerprint density at radius 2 is 1.84 bits per heavy atom. The summed E-state index contributed by atoms with van der Waals surface area (Å²) in [7, 11) is 0. The van der Waals surface area contributed by atoms with Crippen LogP contribution in [0.25, 0.3) is 6.08 Å². The van der Waals surface area contributed by atoms with Crippen LogP contribution in [0.4, 0.5) is 0 Å². The molecular weight excluding hydrogens is 446 g/mol. The molecule has 164 valence electrons. The first-order chi connectivity index (χ1) is 15.3. The molecule has 2 aromatic rings. The lowest BCUT2D eigenvalue weighted by Crippen LogP contribution is -2.37. The second-order valence-electron chi connectivity index (χ2n) is 7.43. The zero-order chi connectivity index (χ0) is 22.8. The largest absolute Gasteiger partial charge is 0.489 e. The van der Waals surface area contributed by atoms with Crippen molar-refractivity contribution in [2.45, 2.75) is 20.8 Å². The van der Waals surface area contributed by atoms with Crippen molar-refractivity contribution in [1.29, 1.82) is 5.41 Å². The predicted molar refractivity (Wildman–Crippen MR) is 130 cm³/mol. The summed E-state index contributed by atoms with van der Waals surface area (Å²) in [6.45, 7) is 6.63. The maximum absolute atomic E-state index is 12.4. The summed E-state index contributed by atoms with van der Waals surface area (Å²) in [5, 5.41) is 11.2. The van der Waals surface area contributed by atoms with E-state index in [0.29, 0.717) is 34.7 Å². The molecule has 0 unspecified atom stereocenters. The highest BCUT2D eigenvalue weighted by molar-refractivity contribution is 8.16. The van der Waals surface area contributed by atoms with Crippen molar-refractivity contribution < 1.29 is 14.3 Å². The number of amidine groups is 2. The lowest BCUT2D eigenvalue weighted by atomic mass is 10.1. The maximum Gasteiger partial charge on any atom is 0.283 e. The van der Waals surface area contributed by atoms with E-state index in [9.17, 15) is 4.79 Å². The Hall–Kier alpha value is -3.03. The molecule has 0 bridgehead atoms. The molecule has 4 rings (SSSR count). The van der Waals surface area contributed by atoms with E-state index in [4.69, 9.17) is 26.5 Å². The van der Waals surface area contributed by atoms with Crippen molar-refractivity contribution in [2.75, 3.05) is 13.2 Å². The van der Waals surface area contributed by atoms with Crippen LogP contribution >= 0.6 is 23.4 Å². The van der Waals surface area contributed by atoms with Crippen molar-refractivity contribution in [3.63, 3.8) is 0 Å². The number of rotatable bonds is 6. The molecule has 1 N–H and O–H groups in total. The molecule has 8 heteroatoms. The average molecular weight is 468 g/mol. The number of amides is 1. The van der Waals surface area contributed by atoms with Gasteiger partial charge in [0.05, 0.1) is 10.6 Å². The molecule has 0 fully saturated rings. The van der Waals surface area contributed by atoms with E-state index in [2.05, 4.69) is 4.99 Å². The highest BCUT2D eigenvalue weighted by atomic mass is 35.5. The summed E-state index contributed by atoms with van der Waals surface area (Å²) < 4.78 is 11.6. The van der Waals surface area contributed by atoms with E-state index < -0.39 is 5.91 Å². The second-order valence-corrected chi connectivity index (χ2v) is 8.67. The molecule has 2 aromatic carbocycles. The van der Waals surface area contributed by atoms with Gasteiger partial charge in [0.1, 0.15) is 30.5 Å². The number of allylic oxidation sites excluding steroid dienone is 1. The Morgan fingerprint density at radius 3 is 2.56 bits per heavy atom. The van der Waals surface area contributed by atoms with E-state index in [1.165, 1.54) is 11.8 Å². The minimum atomic E-state index is -0.433. The van der Waals surface area contributed by atoms with Crippen LogP contribution in [0.2, 0.25) is 5.02 Å². The number of aryl methyl sites for hydroxylation is 2. The third kappa shape index (κ3) is 4.45. The Morgan fingerprint density at radius 1 is 1.12 bits per heavy atom. The molecular formula is C24H22ClN3O3S. The summed E-state index contributed by atoms with van der Waals surface area (Å²) >= 11 is 7.74. The van der Waals surface area contributed by atoms with Crippen LogP contribution in [0.5, 0.6) is 11.5 Å². The first kappa shape index (κ1) is 22.2. The molecule has 0 aliphatic carbocycles. The number of fused-ring (bicyclic) bond motifs is 1. The molecule has 2 aliphatic rings. The quantitative estimate of drug-likeness (QED) is 0.443. The maximum atomic E-state index is 12.4. The molecule has 1 amide bonds. The number of aliphatic imine (C=N–C) groups is 1. The number of hydrogen-bond acceptors (Lipinski definition) is 5. The van der Waals surface area contributed by atoms with E-state index >= 15 is 0 Å². The van der Waals surface area contributed by atoms with E-state index in [1.807, 2.05) is 44.4 Å². The summed E-state index contributed by atoms with van der Waals surface area (Å²) in [6.07, 6.45) is 1.63. The van der Waals surface area contributed by atoms with Crippen LogP contribution in [0.1, 0.15) is 23.6 Å². The zero-order valence-corrected chi connectivity index (χ0v) is 19.5. The molecule has 0 radical (unpaired) electrons. The van der Waals surface area contributed by atoms with Gasteiger partial charge in [-0.1, -0.05) is 47.6 Å². The highest BCUT2D eigenvalue weighted by Crippen LogP contribution is 2.33. The van der Waals surface area contributed by atoms with Gasteiger partial charge in [0.15, 0.2) is 5.17 Å². The van der Waals surface area contributed by atoms with Crippen molar-refractivity contribution >= 4 is 46.3 Å². The predicted octanol–water partition coefficient (Wildman–Crippen LogP) is 5.58. The zero-order valence-electron chi connectivity index (χ0n) is 17.9. The number of nitrogens with zero attached hydrogens (tertiary/aromatic N) is 2. The number of thioether (sulfide) groups is 1. The lowest BCUT2D eigenvalue weighted by molar-refractivity contribution is -0.114. The molecule has 2 heterocycles. The Bertz CT molecular complexity index is 1180. The van der Waals surface area contributed by atoms with Gasteiger partial charge in [-0.2, -0.15) is 4.99 Å². The summed E-state index contributed by atoms with van der Waals surface area (Å²) in [5.74, 6) is 1.07. The van der Waals surface area contributed by atoms with Crippen LogP contribution in [0.15, 0.2) is 58.1 Å². The summed E-state index contributed by atoms with van der Waals surface area (Å²) in [5.41, 5.74) is 3.93. The van der Waals surface area contributed by atoms with Gasteiger partial charge in [-0.05, 0) is 61.1 Å². The van der Waals surface area contributed by atoms with Gasteiger partial charge in [-0.25, -0.2) is 0 Å². The van der Waals surface area contributed by atoms with Gasteiger partial charge in [-0.3, -0.25) is 15.1 Å².